The van der Waals surface area contributed by atoms with Crippen LogP contribution in [0.2, 0.25) is 0 Å². The zero-order valence-corrected chi connectivity index (χ0v) is 11.9. The van der Waals surface area contributed by atoms with Crippen molar-refractivity contribution >= 4 is 5.82 Å². The molecule has 1 heterocycles. The molecule has 0 bridgehead atoms. The number of nitrogens with two attached hydrogens (primary N) is 1. The van der Waals surface area contributed by atoms with Crippen LogP contribution >= 0.6 is 0 Å². The van der Waals surface area contributed by atoms with Crippen LogP contribution in [0.5, 0.6) is 5.75 Å². The molecule has 106 valence electrons. The van der Waals surface area contributed by atoms with Crippen LogP contribution in [0.3, 0.4) is 0 Å². The SMILES string of the molecule is Cc1ccc(-c2nnn(-c3ccc(O)cc3)c2N)cc1C. The number of nitrogens with zero attached hydrogens (tertiary/aromatic N) is 3. The van der Waals surface area contributed by atoms with Crippen molar-refractivity contribution < 1.29 is 5.11 Å². The number of aromatic hydroxyl groups is 1. The Labute approximate surface area is 122 Å². The summed E-state index contributed by atoms with van der Waals surface area (Å²) in [5, 5.41) is 17.6. The van der Waals surface area contributed by atoms with E-state index in [1.165, 1.54) is 11.1 Å². The first-order chi connectivity index (χ1) is 10.1. The van der Waals surface area contributed by atoms with Gasteiger partial charge < -0.3 is 10.8 Å². The largest absolute Gasteiger partial charge is 0.508 e. The van der Waals surface area contributed by atoms with Crippen LogP contribution in [0.4, 0.5) is 5.82 Å². The summed E-state index contributed by atoms with van der Waals surface area (Å²) in [6.07, 6.45) is 0. The number of anilines is 1. The molecule has 0 amide bonds. The maximum absolute atomic E-state index is 9.34. The molecule has 0 atom stereocenters. The maximum Gasteiger partial charge on any atom is 0.155 e. The highest BCUT2D eigenvalue weighted by Crippen LogP contribution is 2.27. The van der Waals surface area contributed by atoms with Gasteiger partial charge in [0.1, 0.15) is 11.4 Å². The van der Waals surface area contributed by atoms with E-state index in [0.29, 0.717) is 11.5 Å². The summed E-state index contributed by atoms with van der Waals surface area (Å²) < 4.78 is 1.56. The van der Waals surface area contributed by atoms with Gasteiger partial charge >= 0.3 is 0 Å². The highest BCUT2D eigenvalue weighted by atomic mass is 16.3. The van der Waals surface area contributed by atoms with Crippen molar-refractivity contribution in [2.75, 3.05) is 5.73 Å². The van der Waals surface area contributed by atoms with E-state index in [2.05, 4.69) is 30.2 Å². The summed E-state index contributed by atoms with van der Waals surface area (Å²) in [7, 11) is 0. The van der Waals surface area contributed by atoms with E-state index < -0.39 is 0 Å². The van der Waals surface area contributed by atoms with E-state index >= 15 is 0 Å². The number of hydrogen-bond donors (Lipinski definition) is 2. The van der Waals surface area contributed by atoms with Crippen molar-refractivity contribution in [3.05, 3.63) is 53.6 Å². The molecule has 2 aromatic carbocycles. The minimum absolute atomic E-state index is 0.201. The number of benzene rings is 2. The van der Waals surface area contributed by atoms with Gasteiger partial charge in [0, 0.05) is 5.56 Å². The van der Waals surface area contributed by atoms with Crippen molar-refractivity contribution in [3.63, 3.8) is 0 Å². The van der Waals surface area contributed by atoms with Crippen molar-refractivity contribution in [1.29, 1.82) is 0 Å². The Bertz CT molecular complexity index is 791. The summed E-state index contributed by atoms with van der Waals surface area (Å²) >= 11 is 0. The first-order valence-corrected chi connectivity index (χ1v) is 6.64. The molecule has 0 aliphatic carbocycles. The molecule has 1 aromatic heterocycles. The molecule has 0 saturated carbocycles. The smallest absolute Gasteiger partial charge is 0.155 e. The summed E-state index contributed by atoms with van der Waals surface area (Å²) in [4.78, 5) is 0. The van der Waals surface area contributed by atoms with Gasteiger partial charge in [-0.05, 0) is 55.3 Å². The third kappa shape index (κ3) is 2.33. The van der Waals surface area contributed by atoms with Crippen LogP contribution in [0.1, 0.15) is 11.1 Å². The number of nitrogen functional groups attached to an aromatic ring is 1. The van der Waals surface area contributed by atoms with Gasteiger partial charge in [0.2, 0.25) is 0 Å². The molecule has 0 radical (unpaired) electrons. The molecule has 0 spiro atoms. The second kappa shape index (κ2) is 4.94. The Morgan fingerprint density at radius 1 is 1.00 bits per heavy atom. The van der Waals surface area contributed by atoms with Crippen LogP contribution in [0.25, 0.3) is 16.9 Å². The van der Waals surface area contributed by atoms with E-state index in [-0.39, 0.29) is 5.75 Å². The molecule has 0 unspecified atom stereocenters. The van der Waals surface area contributed by atoms with Crippen molar-refractivity contribution in [2.24, 2.45) is 0 Å². The van der Waals surface area contributed by atoms with Crippen LogP contribution in [0.15, 0.2) is 42.5 Å². The number of aromatic nitrogens is 3. The Morgan fingerprint density at radius 3 is 2.38 bits per heavy atom. The molecule has 3 rings (SSSR count). The number of aryl methyl sites for hydroxylation is 2. The minimum Gasteiger partial charge on any atom is -0.508 e. The van der Waals surface area contributed by atoms with Crippen LogP contribution in [-0.4, -0.2) is 20.1 Å². The van der Waals surface area contributed by atoms with E-state index in [1.807, 2.05) is 12.1 Å². The molecule has 0 aliphatic rings. The number of phenolic OH excluding ortho intramolecular Hbond substituents is 1. The minimum atomic E-state index is 0.201. The zero-order chi connectivity index (χ0) is 15.0. The number of rotatable bonds is 2. The van der Waals surface area contributed by atoms with Gasteiger partial charge in [0.15, 0.2) is 5.82 Å². The second-order valence-corrected chi connectivity index (χ2v) is 5.05. The van der Waals surface area contributed by atoms with Crippen LogP contribution in [-0.2, 0) is 0 Å². The molecule has 0 fully saturated rings. The van der Waals surface area contributed by atoms with E-state index in [0.717, 1.165) is 11.3 Å². The van der Waals surface area contributed by atoms with Gasteiger partial charge in [-0.2, -0.15) is 4.68 Å². The summed E-state index contributed by atoms with van der Waals surface area (Å²) in [6.45, 7) is 4.12. The van der Waals surface area contributed by atoms with Crippen LogP contribution < -0.4 is 5.73 Å². The quantitative estimate of drug-likeness (QED) is 0.756. The van der Waals surface area contributed by atoms with Crippen molar-refractivity contribution in [3.8, 4) is 22.7 Å². The van der Waals surface area contributed by atoms with Crippen LogP contribution in [0, 0.1) is 13.8 Å². The fourth-order valence-electron chi connectivity index (χ4n) is 2.17. The maximum atomic E-state index is 9.34. The fraction of sp³-hybridized carbons (Fsp3) is 0.125. The van der Waals surface area contributed by atoms with Gasteiger partial charge in [0.25, 0.3) is 0 Å². The van der Waals surface area contributed by atoms with Gasteiger partial charge in [-0.25, -0.2) is 0 Å². The molecule has 3 aromatic rings. The predicted octanol–water partition coefficient (Wildman–Crippen LogP) is 2.84. The lowest BCUT2D eigenvalue weighted by Crippen LogP contribution is -2.02. The Hall–Kier alpha value is -2.82. The molecule has 5 heteroatoms. The molecule has 0 aliphatic heterocycles. The zero-order valence-electron chi connectivity index (χ0n) is 11.9. The Balaban J connectivity index is 2.06. The van der Waals surface area contributed by atoms with Gasteiger partial charge in [-0.1, -0.05) is 17.3 Å². The summed E-state index contributed by atoms with van der Waals surface area (Å²) in [6, 6.07) is 12.7. The average Bonchev–Trinajstić information content (AvgIpc) is 2.85. The Kier molecular flexibility index (Phi) is 3.10. The van der Waals surface area contributed by atoms with Crippen molar-refractivity contribution in [2.45, 2.75) is 13.8 Å². The van der Waals surface area contributed by atoms with Gasteiger partial charge in [-0.15, -0.1) is 5.10 Å². The third-order valence-corrected chi connectivity index (χ3v) is 3.58. The van der Waals surface area contributed by atoms with Gasteiger partial charge in [-0.3, -0.25) is 0 Å². The fourth-order valence-corrected chi connectivity index (χ4v) is 2.17. The highest BCUT2D eigenvalue weighted by molar-refractivity contribution is 5.71. The Morgan fingerprint density at radius 2 is 1.71 bits per heavy atom. The lowest BCUT2D eigenvalue weighted by Gasteiger charge is -2.05. The molecule has 0 saturated heterocycles. The number of hydrogen-bond acceptors (Lipinski definition) is 4. The third-order valence-electron chi connectivity index (χ3n) is 3.58. The predicted molar refractivity (Wildman–Crippen MR) is 82.3 cm³/mol. The molecule has 21 heavy (non-hydrogen) atoms. The lowest BCUT2D eigenvalue weighted by molar-refractivity contribution is 0.475. The lowest BCUT2D eigenvalue weighted by atomic mass is 10.0. The molecular formula is C16H16N4O. The van der Waals surface area contributed by atoms with Crippen molar-refractivity contribution in [1.82, 2.24) is 15.0 Å². The standard InChI is InChI=1S/C16H16N4O/c1-10-3-4-12(9-11(10)2)15-16(17)20(19-18-15)13-5-7-14(21)8-6-13/h3-9,21H,17H2,1-2H3. The summed E-state index contributed by atoms with van der Waals surface area (Å²) in [5.41, 5.74) is 10.9. The van der Waals surface area contributed by atoms with Gasteiger partial charge in [0.05, 0.1) is 5.69 Å². The highest BCUT2D eigenvalue weighted by Gasteiger charge is 2.13. The molecule has 5 nitrogen and oxygen atoms in total. The molecule has 3 N–H and O–H groups in total. The first-order valence-electron chi connectivity index (χ1n) is 6.64. The molecular weight excluding hydrogens is 264 g/mol. The summed E-state index contributed by atoms with van der Waals surface area (Å²) in [5.74, 6) is 0.677. The van der Waals surface area contributed by atoms with E-state index in [4.69, 9.17) is 5.73 Å². The monoisotopic (exact) mass is 280 g/mol. The average molecular weight is 280 g/mol. The first kappa shape index (κ1) is 13.2. The second-order valence-electron chi connectivity index (χ2n) is 5.05. The normalized spacial score (nSPS) is 10.8. The van der Waals surface area contributed by atoms with E-state index in [1.54, 1.807) is 28.9 Å². The number of phenols is 1. The van der Waals surface area contributed by atoms with E-state index in [9.17, 15) is 5.11 Å². The topological polar surface area (TPSA) is 77.0 Å².